The van der Waals surface area contributed by atoms with Crippen molar-refractivity contribution >= 4 is 44.8 Å². The maximum Gasteiger partial charge on any atom is 0.257 e. The highest BCUT2D eigenvalue weighted by molar-refractivity contribution is 9.10. The van der Waals surface area contributed by atoms with Crippen LogP contribution in [-0.4, -0.2) is 10.9 Å². The average Bonchev–Trinajstić information content (AvgIpc) is 2.37. The number of aryl methyl sites for hydroxylation is 1. The van der Waals surface area contributed by atoms with E-state index >= 15 is 0 Å². The summed E-state index contributed by atoms with van der Waals surface area (Å²) in [7, 11) is 0. The van der Waals surface area contributed by atoms with Crippen molar-refractivity contribution < 1.29 is 4.79 Å². The lowest BCUT2D eigenvalue weighted by molar-refractivity contribution is 0.102. The minimum absolute atomic E-state index is 0.267. The zero-order chi connectivity index (χ0) is 14.0. The van der Waals surface area contributed by atoms with Gasteiger partial charge < -0.3 is 11.1 Å². The normalized spacial score (nSPS) is 10.3. The molecule has 3 N–H and O–H groups in total. The second-order valence-electron chi connectivity index (χ2n) is 3.99. The van der Waals surface area contributed by atoms with Gasteiger partial charge in [0.15, 0.2) is 0 Å². The number of nitrogens with zero attached hydrogens (tertiary/aromatic N) is 1. The van der Waals surface area contributed by atoms with Gasteiger partial charge in [-0.25, -0.2) is 4.98 Å². The summed E-state index contributed by atoms with van der Waals surface area (Å²) < 4.78 is 0.743. The van der Waals surface area contributed by atoms with Gasteiger partial charge in [0.05, 0.1) is 28.2 Å². The zero-order valence-corrected chi connectivity index (χ0v) is 12.4. The van der Waals surface area contributed by atoms with E-state index in [1.54, 1.807) is 24.4 Å². The quantitative estimate of drug-likeness (QED) is 0.648. The Morgan fingerprint density at radius 2 is 2.21 bits per heavy atom. The van der Waals surface area contributed by atoms with Crippen molar-refractivity contribution in [2.24, 2.45) is 0 Å². The first-order chi connectivity index (χ1) is 8.99. The molecule has 0 aliphatic rings. The summed E-state index contributed by atoms with van der Waals surface area (Å²) in [5, 5.41) is 3.09. The van der Waals surface area contributed by atoms with Crippen LogP contribution in [0.2, 0.25) is 5.02 Å². The van der Waals surface area contributed by atoms with E-state index in [2.05, 4.69) is 26.2 Å². The Kier molecular flexibility index (Phi) is 4.07. The number of carbonyl (C=O) groups excluding carboxylic acids is 1. The van der Waals surface area contributed by atoms with Crippen LogP contribution in [0.3, 0.4) is 0 Å². The van der Waals surface area contributed by atoms with Crippen molar-refractivity contribution in [3.63, 3.8) is 0 Å². The standard InChI is InChI=1S/C13H11BrClN3O/c1-7-5-8(6-17-12(7)14)18-13(19)9-3-2-4-10(15)11(9)16/h2-6H,16H2,1H3,(H,18,19). The maximum atomic E-state index is 12.1. The molecule has 1 amide bonds. The van der Waals surface area contributed by atoms with E-state index in [0.717, 1.165) is 10.2 Å². The lowest BCUT2D eigenvalue weighted by Crippen LogP contribution is -2.14. The molecule has 1 aromatic carbocycles. The third kappa shape index (κ3) is 3.05. The van der Waals surface area contributed by atoms with Gasteiger partial charge in [-0.2, -0.15) is 0 Å². The van der Waals surface area contributed by atoms with Crippen LogP contribution in [0.25, 0.3) is 0 Å². The van der Waals surface area contributed by atoms with E-state index in [9.17, 15) is 4.79 Å². The fraction of sp³-hybridized carbons (Fsp3) is 0.0769. The van der Waals surface area contributed by atoms with E-state index in [0.29, 0.717) is 16.3 Å². The minimum atomic E-state index is -0.316. The second-order valence-corrected chi connectivity index (χ2v) is 5.15. The van der Waals surface area contributed by atoms with Crippen LogP contribution < -0.4 is 11.1 Å². The van der Waals surface area contributed by atoms with Crippen molar-refractivity contribution in [2.75, 3.05) is 11.1 Å². The number of carbonyl (C=O) groups is 1. The molecule has 0 aliphatic heterocycles. The summed E-state index contributed by atoms with van der Waals surface area (Å²) >= 11 is 9.18. The largest absolute Gasteiger partial charge is 0.397 e. The maximum absolute atomic E-state index is 12.1. The number of rotatable bonds is 2. The summed E-state index contributed by atoms with van der Waals surface area (Å²) in [5.41, 5.74) is 7.91. The predicted molar refractivity (Wildman–Crippen MR) is 80.5 cm³/mol. The van der Waals surface area contributed by atoms with Gasteiger partial charge in [-0.3, -0.25) is 4.79 Å². The van der Waals surface area contributed by atoms with Crippen LogP contribution >= 0.6 is 27.5 Å². The Labute approximate surface area is 124 Å². The van der Waals surface area contributed by atoms with Crippen LogP contribution in [0.5, 0.6) is 0 Å². The number of nitrogens with two attached hydrogens (primary N) is 1. The Bertz CT molecular complexity index is 646. The molecule has 19 heavy (non-hydrogen) atoms. The van der Waals surface area contributed by atoms with Gasteiger partial charge in [-0.15, -0.1) is 0 Å². The molecule has 2 aromatic rings. The Morgan fingerprint density at radius 1 is 1.47 bits per heavy atom. The number of para-hydroxylation sites is 1. The van der Waals surface area contributed by atoms with E-state index in [-0.39, 0.29) is 11.6 Å². The molecular formula is C13H11BrClN3O. The first kappa shape index (κ1) is 13.8. The van der Waals surface area contributed by atoms with Crippen molar-refractivity contribution in [3.05, 3.63) is 51.2 Å². The molecule has 0 aliphatic carbocycles. The molecule has 4 nitrogen and oxygen atoms in total. The van der Waals surface area contributed by atoms with Gasteiger partial charge >= 0.3 is 0 Å². The number of nitrogens with one attached hydrogen (secondary N) is 1. The zero-order valence-electron chi connectivity index (χ0n) is 10.1. The Hall–Kier alpha value is -1.59. The van der Waals surface area contributed by atoms with Crippen molar-refractivity contribution in [3.8, 4) is 0 Å². The van der Waals surface area contributed by atoms with Crippen LogP contribution in [0.1, 0.15) is 15.9 Å². The van der Waals surface area contributed by atoms with Crippen molar-refractivity contribution in [1.82, 2.24) is 4.98 Å². The number of nitrogen functional groups attached to an aromatic ring is 1. The van der Waals surface area contributed by atoms with Crippen molar-refractivity contribution in [1.29, 1.82) is 0 Å². The third-order valence-electron chi connectivity index (χ3n) is 2.57. The minimum Gasteiger partial charge on any atom is -0.397 e. The van der Waals surface area contributed by atoms with E-state index in [4.69, 9.17) is 17.3 Å². The van der Waals surface area contributed by atoms with Gasteiger partial charge in [0.2, 0.25) is 0 Å². The first-order valence-electron chi connectivity index (χ1n) is 5.46. The topological polar surface area (TPSA) is 68.0 Å². The van der Waals surface area contributed by atoms with Gasteiger partial charge in [-0.05, 0) is 46.6 Å². The number of hydrogen-bond donors (Lipinski definition) is 2. The molecule has 0 radical (unpaired) electrons. The molecule has 0 unspecified atom stereocenters. The monoisotopic (exact) mass is 339 g/mol. The SMILES string of the molecule is Cc1cc(NC(=O)c2cccc(Cl)c2N)cnc1Br. The van der Waals surface area contributed by atoms with Gasteiger partial charge in [0, 0.05) is 0 Å². The molecule has 0 spiro atoms. The predicted octanol–water partition coefficient (Wildman–Crippen LogP) is 3.64. The van der Waals surface area contributed by atoms with E-state index < -0.39 is 0 Å². The summed E-state index contributed by atoms with van der Waals surface area (Å²) in [6.45, 7) is 1.89. The van der Waals surface area contributed by atoms with Crippen LogP contribution in [0.15, 0.2) is 35.1 Å². The number of benzene rings is 1. The number of aromatic nitrogens is 1. The van der Waals surface area contributed by atoms with Gasteiger partial charge in [0.1, 0.15) is 4.60 Å². The van der Waals surface area contributed by atoms with Crippen LogP contribution in [0, 0.1) is 6.92 Å². The summed E-state index contributed by atoms with van der Waals surface area (Å²) in [4.78, 5) is 16.2. The smallest absolute Gasteiger partial charge is 0.257 e. The lowest BCUT2D eigenvalue weighted by Gasteiger charge is -2.09. The summed E-state index contributed by atoms with van der Waals surface area (Å²) in [6.07, 6.45) is 1.57. The average molecular weight is 341 g/mol. The van der Waals surface area contributed by atoms with Crippen LogP contribution in [0.4, 0.5) is 11.4 Å². The fourth-order valence-electron chi connectivity index (χ4n) is 1.56. The number of halogens is 2. The Morgan fingerprint density at radius 3 is 2.89 bits per heavy atom. The lowest BCUT2D eigenvalue weighted by atomic mass is 10.1. The van der Waals surface area contributed by atoms with Crippen LogP contribution in [-0.2, 0) is 0 Å². The summed E-state index contributed by atoms with van der Waals surface area (Å²) in [5.74, 6) is -0.316. The fourth-order valence-corrected chi connectivity index (χ4v) is 1.95. The highest BCUT2D eigenvalue weighted by Crippen LogP contribution is 2.24. The number of anilines is 2. The van der Waals surface area contributed by atoms with Gasteiger partial charge in [0.25, 0.3) is 5.91 Å². The van der Waals surface area contributed by atoms with E-state index in [1.165, 1.54) is 0 Å². The number of pyridine rings is 1. The molecule has 1 aromatic heterocycles. The molecule has 0 bridgehead atoms. The molecule has 6 heteroatoms. The van der Waals surface area contributed by atoms with Gasteiger partial charge in [-0.1, -0.05) is 17.7 Å². The molecule has 98 valence electrons. The third-order valence-corrected chi connectivity index (χ3v) is 3.73. The molecule has 1 heterocycles. The summed E-state index contributed by atoms with van der Waals surface area (Å²) in [6, 6.07) is 6.75. The second kappa shape index (κ2) is 5.59. The highest BCUT2D eigenvalue weighted by atomic mass is 79.9. The molecular weight excluding hydrogens is 330 g/mol. The first-order valence-corrected chi connectivity index (χ1v) is 6.63. The van der Waals surface area contributed by atoms with E-state index in [1.807, 2.05) is 13.0 Å². The Balaban J connectivity index is 2.26. The molecule has 0 atom stereocenters. The molecule has 0 saturated carbocycles. The molecule has 0 saturated heterocycles. The number of amides is 1. The molecule has 0 fully saturated rings. The molecule has 2 rings (SSSR count). The number of hydrogen-bond acceptors (Lipinski definition) is 3. The highest BCUT2D eigenvalue weighted by Gasteiger charge is 2.12. The van der Waals surface area contributed by atoms with Crippen molar-refractivity contribution in [2.45, 2.75) is 6.92 Å².